The Balaban J connectivity index is 1.77. The van der Waals surface area contributed by atoms with Crippen LogP contribution in [-0.2, 0) is 9.59 Å². The lowest BCUT2D eigenvalue weighted by Crippen LogP contribution is -2.28. The molecule has 0 spiro atoms. The second kappa shape index (κ2) is 7.90. The predicted molar refractivity (Wildman–Crippen MR) is 107 cm³/mol. The number of nitrogens with one attached hydrogen (secondary N) is 1. The van der Waals surface area contributed by atoms with E-state index in [0.29, 0.717) is 27.8 Å². The molecule has 1 saturated heterocycles. The zero-order valence-corrected chi connectivity index (χ0v) is 17.0. The maximum Gasteiger partial charge on any atom is 0.230 e. The quantitative estimate of drug-likeness (QED) is 0.833. The molecule has 0 radical (unpaired) electrons. The van der Waals surface area contributed by atoms with Crippen LogP contribution in [0.5, 0.6) is 11.5 Å². The SMILES string of the molecule is COc1ccc(N2C[C@H](C(=O)Nc3sc(C)c(C)c3C#N)CC2=O)cc1OC. The number of amides is 2. The van der Waals surface area contributed by atoms with Gasteiger partial charge in [0.25, 0.3) is 0 Å². The van der Waals surface area contributed by atoms with Crippen LogP contribution in [0.1, 0.15) is 22.4 Å². The lowest BCUT2D eigenvalue weighted by atomic mass is 10.1. The number of anilines is 2. The van der Waals surface area contributed by atoms with Crippen molar-refractivity contribution >= 4 is 33.8 Å². The maximum atomic E-state index is 12.7. The summed E-state index contributed by atoms with van der Waals surface area (Å²) in [5.41, 5.74) is 2.01. The van der Waals surface area contributed by atoms with E-state index >= 15 is 0 Å². The van der Waals surface area contributed by atoms with Crippen molar-refractivity contribution in [3.8, 4) is 17.6 Å². The smallest absolute Gasteiger partial charge is 0.230 e. The fourth-order valence-corrected chi connectivity index (χ4v) is 4.20. The Hall–Kier alpha value is -3.05. The molecule has 7 nitrogen and oxygen atoms in total. The number of methoxy groups -OCH3 is 2. The third-order valence-corrected chi connectivity index (χ3v) is 6.03. The normalized spacial score (nSPS) is 16.0. The van der Waals surface area contributed by atoms with Gasteiger partial charge in [0.15, 0.2) is 11.5 Å². The number of nitriles is 1. The minimum Gasteiger partial charge on any atom is -0.493 e. The van der Waals surface area contributed by atoms with Crippen LogP contribution in [-0.4, -0.2) is 32.6 Å². The first-order valence-corrected chi connectivity index (χ1v) is 9.54. The zero-order chi connectivity index (χ0) is 20.4. The Kier molecular flexibility index (Phi) is 5.56. The number of nitrogens with zero attached hydrogens (tertiary/aromatic N) is 2. The minimum atomic E-state index is -0.491. The van der Waals surface area contributed by atoms with Gasteiger partial charge in [-0.1, -0.05) is 0 Å². The molecule has 0 saturated carbocycles. The molecule has 1 aliphatic rings. The van der Waals surface area contributed by atoms with Crippen LogP contribution in [0.25, 0.3) is 0 Å². The van der Waals surface area contributed by atoms with Crippen molar-refractivity contribution in [2.45, 2.75) is 20.3 Å². The van der Waals surface area contributed by atoms with Crippen LogP contribution in [0, 0.1) is 31.1 Å². The topological polar surface area (TPSA) is 91.7 Å². The Bertz CT molecular complexity index is 977. The summed E-state index contributed by atoms with van der Waals surface area (Å²) in [4.78, 5) is 27.8. The molecule has 1 N–H and O–H groups in total. The molecule has 1 fully saturated rings. The Morgan fingerprint density at radius 1 is 1.29 bits per heavy atom. The summed E-state index contributed by atoms with van der Waals surface area (Å²) < 4.78 is 10.5. The number of thiophene rings is 1. The third-order valence-electron chi connectivity index (χ3n) is 4.91. The van der Waals surface area contributed by atoms with Crippen molar-refractivity contribution in [3.05, 3.63) is 34.2 Å². The van der Waals surface area contributed by atoms with Crippen LogP contribution >= 0.6 is 11.3 Å². The van der Waals surface area contributed by atoms with Gasteiger partial charge in [-0.2, -0.15) is 5.26 Å². The summed E-state index contributed by atoms with van der Waals surface area (Å²) >= 11 is 1.38. The Labute approximate surface area is 167 Å². The van der Waals surface area contributed by atoms with E-state index in [1.165, 1.54) is 18.4 Å². The number of hydrogen-bond acceptors (Lipinski definition) is 6. The summed E-state index contributed by atoms with van der Waals surface area (Å²) in [6, 6.07) is 7.35. The van der Waals surface area contributed by atoms with Gasteiger partial charge >= 0.3 is 0 Å². The first kappa shape index (κ1) is 19.7. The minimum absolute atomic E-state index is 0.116. The van der Waals surface area contributed by atoms with Crippen molar-refractivity contribution < 1.29 is 19.1 Å². The number of hydrogen-bond donors (Lipinski definition) is 1. The monoisotopic (exact) mass is 399 g/mol. The molecule has 3 rings (SSSR count). The van der Waals surface area contributed by atoms with Crippen LogP contribution in [0.3, 0.4) is 0 Å². The number of ether oxygens (including phenoxy) is 2. The van der Waals surface area contributed by atoms with Crippen molar-refractivity contribution in [2.24, 2.45) is 5.92 Å². The average molecular weight is 399 g/mol. The van der Waals surface area contributed by atoms with Crippen molar-refractivity contribution in [3.63, 3.8) is 0 Å². The molecule has 146 valence electrons. The van der Waals surface area contributed by atoms with Crippen molar-refractivity contribution in [2.75, 3.05) is 31.0 Å². The van der Waals surface area contributed by atoms with Gasteiger partial charge in [-0.05, 0) is 31.5 Å². The maximum absolute atomic E-state index is 12.7. The summed E-state index contributed by atoms with van der Waals surface area (Å²) in [5, 5.41) is 12.7. The summed E-state index contributed by atoms with van der Waals surface area (Å²) in [5.74, 6) is 0.207. The number of aryl methyl sites for hydroxylation is 1. The highest BCUT2D eigenvalue weighted by Gasteiger charge is 2.36. The van der Waals surface area contributed by atoms with Gasteiger partial charge in [-0.25, -0.2) is 0 Å². The molecule has 2 aromatic rings. The van der Waals surface area contributed by atoms with Crippen LogP contribution in [0.2, 0.25) is 0 Å². The molecule has 0 unspecified atom stereocenters. The molecule has 1 aromatic heterocycles. The molecule has 0 aliphatic carbocycles. The second-order valence-electron chi connectivity index (χ2n) is 6.53. The first-order valence-electron chi connectivity index (χ1n) is 8.73. The summed E-state index contributed by atoms with van der Waals surface area (Å²) in [6.07, 6.45) is 0.116. The molecule has 2 heterocycles. The fraction of sp³-hybridized carbons (Fsp3) is 0.350. The zero-order valence-electron chi connectivity index (χ0n) is 16.2. The average Bonchev–Trinajstić information content (AvgIpc) is 3.20. The van der Waals surface area contributed by atoms with Crippen LogP contribution < -0.4 is 19.7 Å². The van der Waals surface area contributed by atoms with Gasteiger partial charge in [0.1, 0.15) is 11.1 Å². The van der Waals surface area contributed by atoms with E-state index in [2.05, 4.69) is 11.4 Å². The van der Waals surface area contributed by atoms with Gasteiger partial charge in [-0.3, -0.25) is 9.59 Å². The lowest BCUT2D eigenvalue weighted by Gasteiger charge is -2.18. The van der Waals surface area contributed by atoms with Crippen LogP contribution in [0.4, 0.5) is 10.7 Å². The van der Waals surface area contributed by atoms with Gasteiger partial charge in [0, 0.05) is 29.6 Å². The summed E-state index contributed by atoms with van der Waals surface area (Å²) in [7, 11) is 3.07. The third kappa shape index (κ3) is 3.53. The van der Waals surface area contributed by atoms with E-state index in [4.69, 9.17) is 9.47 Å². The van der Waals surface area contributed by atoms with Gasteiger partial charge in [-0.15, -0.1) is 11.3 Å². The molecule has 1 aliphatic heterocycles. The van der Waals surface area contributed by atoms with Crippen LogP contribution in [0.15, 0.2) is 18.2 Å². The van der Waals surface area contributed by atoms with Gasteiger partial charge in [0.2, 0.25) is 11.8 Å². The molecule has 8 heteroatoms. The lowest BCUT2D eigenvalue weighted by molar-refractivity contribution is -0.122. The van der Waals surface area contributed by atoms with E-state index in [1.54, 1.807) is 30.2 Å². The Morgan fingerprint density at radius 3 is 2.64 bits per heavy atom. The second-order valence-corrected chi connectivity index (χ2v) is 7.76. The highest BCUT2D eigenvalue weighted by atomic mass is 32.1. The van der Waals surface area contributed by atoms with E-state index < -0.39 is 5.92 Å². The van der Waals surface area contributed by atoms with E-state index in [0.717, 1.165) is 10.4 Å². The van der Waals surface area contributed by atoms with Gasteiger partial charge < -0.3 is 19.7 Å². The fourth-order valence-electron chi connectivity index (χ4n) is 3.19. The number of rotatable bonds is 5. The Morgan fingerprint density at radius 2 is 2.00 bits per heavy atom. The molecule has 1 aromatic carbocycles. The molecular formula is C20H21N3O4S. The molecule has 0 bridgehead atoms. The van der Waals surface area contributed by atoms with E-state index in [-0.39, 0.29) is 24.8 Å². The predicted octanol–water partition coefficient (Wildman–Crippen LogP) is 3.25. The largest absolute Gasteiger partial charge is 0.493 e. The highest BCUT2D eigenvalue weighted by Crippen LogP contribution is 2.35. The number of benzene rings is 1. The van der Waals surface area contributed by atoms with E-state index in [1.807, 2.05) is 13.8 Å². The summed E-state index contributed by atoms with van der Waals surface area (Å²) in [6.45, 7) is 4.04. The van der Waals surface area contributed by atoms with Crippen molar-refractivity contribution in [1.29, 1.82) is 5.26 Å². The molecule has 28 heavy (non-hydrogen) atoms. The molecule has 1 atom stereocenters. The molecular weight excluding hydrogens is 378 g/mol. The van der Waals surface area contributed by atoms with E-state index in [9.17, 15) is 14.9 Å². The van der Waals surface area contributed by atoms with Crippen molar-refractivity contribution in [1.82, 2.24) is 0 Å². The highest BCUT2D eigenvalue weighted by molar-refractivity contribution is 7.16. The molecule has 2 amide bonds. The number of carbonyl (C=O) groups is 2. The standard InChI is InChI=1S/C20H21N3O4S/c1-11-12(2)28-20(15(11)9-21)22-19(25)13-7-18(24)23(10-13)14-5-6-16(26-3)17(8-14)27-4/h5-6,8,13H,7,10H2,1-4H3,(H,22,25)/t13-/m1/s1. The van der Waals surface area contributed by atoms with Gasteiger partial charge in [0.05, 0.1) is 25.7 Å². The number of carbonyl (C=O) groups excluding carboxylic acids is 2. The first-order chi connectivity index (χ1) is 13.4.